The zero-order chi connectivity index (χ0) is 20.6. The molecule has 0 N–H and O–H groups in total. The van der Waals surface area contributed by atoms with Gasteiger partial charge in [0.25, 0.3) is 0 Å². The van der Waals surface area contributed by atoms with Gasteiger partial charge in [0, 0.05) is 31.0 Å². The van der Waals surface area contributed by atoms with Crippen LogP contribution >= 0.6 is 0 Å². The van der Waals surface area contributed by atoms with E-state index in [2.05, 4.69) is 24.0 Å². The fourth-order valence-corrected chi connectivity index (χ4v) is 3.14. The number of carbonyl (C=O) groups excluding carboxylic acids is 1. The van der Waals surface area contributed by atoms with Gasteiger partial charge >= 0.3 is 0 Å². The zero-order valence-corrected chi connectivity index (χ0v) is 16.8. The number of nitrogens with zero attached hydrogens (tertiary/aromatic N) is 3. The summed E-state index contributed by atoms with van der Waals surface area (Å²) in [7, 11) is 0. The molecule has 1 amide bonds. The Morgan fingerprint density at radius 1 is 1.10 bits per heavy atom. The molecule has 0 saturated carbocycles. The molecule has 0 aliphatic heterocycles. The molecule has 29 heavy (non-hydrogen) atoms. The van der Waals surface area contributed by atoms with Crippen molar-refractivity contribution in [3.8, 4) is 11.4 Å². The SMILES string of the molecule is CC[C@@H](C)N(CCc1nc(-c2ccc(F)cc2)no1)C(=O)CCc1ccccc1. The number of benzene rings is 2. The molecule has 0 aliphatic rings. The summed E-state index contributed by atoms with van der Waals surface area (Å²) in [5.41, 5.74) is 1.85. The van der Waals surface area contributed by atoms with Gasteiger partial charge in [-0.05, 0) is 49.6 Å². The first-order chi connectivity index (χ1) is 14.1. The van der Waals surface area contributed by atoms with E-state index in [1.165, 1.54) is 12.1 Å². The van der Waals surface area contributed by atoms with Gasteiger partial charge in [0.05, 0.1) is 0 Å². The lowest BCUT2D eigenvalue weighted by molar-refractivity contribution is -0.133. The fraction of sp³-hybridized carbons (Fsp3) is 0.348. The van der Waals surface area contributed by atoms with Gasteiger partial charge in [-0.1, -0.05) is 42.4 Å². The number of carbonyl (C=O) groups is 1. The first-order valence-corrected chi connectivity index (χ1v) is 9.98. The van der Waals surface area contributed by atoms with Crippen LogP contribution in [-0.4, -0.2) is 33.5 Å². The normalized spacial score (nSPS) is 12.0. The molecular formula is C23H26FN3O2. The van der Waals surface area contributed by atoms with Gasteiger partial charge in [-0.25, -0.2) is 4.39 Å². The van der Waals surface area contributed by atoms with E-state index in [0.717, 1.165) is 18.4 Å². The van der Waals surface area contributed by atoms with Crippen molar-refractivity contribution in [1.82, 2.24) is 15.0 Å². The van der Waals surface area contributed by atoms with Crippen LogP contribution in [0.4, 0.5) is 4.39 Å². The van der Waals surface area contributed by atoms with E-state index in [9.17, 15) is 9.18 Å². The van der Waals surface area contributed by atoms with Gasteiger partial charge in [0.2, 0.25) is 17.6 Å². The maximum atomic E-state index is 13.1. The molecule has 1 atom stereocenters. The molecule has 0 spiro atoms. The van der Waals surface area contributed by atoms with Crippen LogP contribution in [0, 0.1) is 5.82 Å². The predicted molar refractivity (Wildman–Crippen MR) is 110 cm³/mol. The maximum Gasteiger partial charge on any atom is 0.228 e. The Hall–Kier alpha value is -3.02. The molecule has 6 heteroatoms. The number of rotatable bonds is 9. The lowest BCUT2D eigenvalue weighted by Gasteiger charge is -2.28. The molecule has 0 bridgehead atoms. The quantitative estimate of drug-likeness (QED) is 0.528. The monoisotopic (exact) mass is 395 g/mol. The topological polar surface area (TPSA) is 59.2 Å². The second kappa shape index (κ2) is 9.96. The van der Waals surface area contributed by atoms with E-state index in [1.807, 2.05) is 35.2 Å². The van der Waals surface area contributed by atoms with Crippen molar-refractivity contribution in [2.24, 2.45) is 0 Å². The molecule has 5 nitrogen and oxygen atoms in total. The van der Waals surface area contributed by atoms with E-state index >= 15 is 0 Å². The van der Waals surface area contributed by atoms with Crippen molar-refractivity contribution in [2.45, 2.75) is 45.6 Å². The molecule has 0 aliphatic carbocycles. The minimum Gasteiger partial charge on any atom is -0.339 e. The minimum absolute atomic E-state index is 0.126. The Kier molecular flexibility index (Phi) is 7.11. The van der Waals surface area contributed by atoms with Gasteiger partial charge in [-0.3, -0.25) is 4.79 Å². The van der Waals surface area contributed by atoms with Crippen LogP contribution in [0.1, 0.15) is 38.1 Å². The van der Waals surface area contributed by atoms with Gasteiger partial charge in [-0.2, -0.15) is 4.98 Å². The molecule has 0 unspecified atom stereocenters. The Morgan fingerprint density at radius 3 is 2.52 bits per heavy atom. The molecule has 2 aromatic carbocycles. The lowest BCUT2D eigenvalue weighted by Crippen LogP contribution is -2.40. The third-order valence-electron chi connectivity index (χ3n) is 5.05. The molecule has 0 saturated heterocycles. The Balaban J connectivity index is 1.60. The average molecular weight is 395 g/mol. The van der Waals surface area contributed by atoms with Crippen molar-refractivity contribution in [1.29, 1.82) is 0 Å². The fourth-order valence-electron chi connectivity index (χ4n) is 3.14. The smallest absolute Gasteiger partial charge is 0.228 e. The van der Waals surface area contributed by atoms with E-state index in [4.69, 9.17) is 4.52 Å². The Labute approximate surface area is 170 Å². The second-order valence-corrected chi connectivity index (χ2v) is 7.10. The Morgan fingerprint density at radius 2 is 1.83 bits per heavy atom. The molecule has 1 aromatic heterocycles. The third-order valence-corrected chi connectivity index (χ3v) is 5.05. The number of halogens is 1. The summed E-state index contributed by atoms with van der Waals surface area (Å²) >= 11 is 0. The number of hydrogen-bond donors (Lipinski definition) is 0. The van der Waals surface area contributed by atoms with E-state index < -0.39 is 0 Å². The first kappa shape index (κ1) is 20.7. The lowest BCUT2D eigenvalue weighted by atomic mass is 10.1. The van der Waals surface area contributed by atoms with Gasteiger partial charge < -0.3 is 9.42 Å². The van der Waals surface area contributed by atoms with Crippen molar-refractivity contribution in [3.63, 3.8) is 0 Å². The van der Waals surface area contributed by atoms with Crippen LogP contribution in [-0.2, 0) is 17.6 Å². The molecule has 152 valence electrons. The summed E-state index contributed by atoms with van der Waals surface area (Å²) in [5, 5.41) is 3.97. The van der Waals surface area contributed by atoms with Crippen molar-refractivity contribution < 1.29 is 13.7 Å². The summed E-state index contributed by atoms with van der Waals surface area (Å²) < 4.78 is 18.4. The average Bonchev–Trinajstić information content (AvgIpc) is 3.22. The maximum absolute atomic E-state index is 13.1. The number of aryl methyl sites for hydroxylation is 1. The van der Waals surface area contributed by atoms with Gasteiger partial charge in [0.1, 0.15) is 5.82 Å². The van der Waals surface area contributed by atoms with Crippen molar-refractivity contribution in [3.05, 3.63) is 71.9 Å². The van der Waals surface area contributed by atoms with Crippen LogP contribution in [0.2, 0.25) is 0 Å². The summed E-state index contributed by atoms with van der Waals surface area (Å²) in [5.74, 6) is 0.705. The van der Waals surface area contributed by atoms with E-state index in [1.54, 1.807) is 12.1 Å². The van der Waals surface area contributed by atoms with Crippen LogP contribution in [0.5, 0.6) is 0 Å². The minimum atomic E-state index is -0.310. The van der Waals surface area contributed by atoms with Crippen molar-refractivity contribution >= 4 is 5.91 Å². The van der Waals surface area contributed by atoms with Gasteiger partial charge in [0.15, 0.2) is 0 Å². The molecule has 0 fully saturated rings. The van der Waals surface area contributed by atoms with Crippen LogP contribution < -0.4 is 0 Å². The highest BCUT2D eigenvalue weighted by Crippen LogP contribution is 2.17. The van der Waals surface area contributed by atoms with E-state index in [0.29, 0.717) is 36.7 Å². The predicted octanol–water partition coefficient (Wildman–Crippen LogP) is 4.68. The summed E-state index contributed by atoms with van der Waals surface area (Å²) in [6.07, 6.45) is 2.55. The first-order valence-electron chi connectivity index (χ1n) is 9.98. The largest absolute Gasteiger partial charge is 0.339 e. The van der Waals surface area contributed by atoms with Gasteiger partial charge in [-0.15, -0.1) is 0 Å². The number of aromatic nitrogens is 2. The molecule has 1 heterocycles. The van der Waals surface area contributed by atoms with Crippen molar-refractivity contribution in [2.75, 3.05) is 6.54 Å². The summed E-state index contributed by atoms with van der Waals surface area (Å²) in [6.45, 7) is 4.65. The van der Waals surface area contributed by atoms with Crippen LogP contribution in [0.25, 0.3) is 11.4 Å². The second-order valence-electron chi connectivity index (χ2n) is 7.10. The third kappa shape index (κ3) is 5.73. The van der Waals surface area contributed by atoms with Crippen LogP contribution in [0.3, 0.4) is 0 Å². The highest BCUT2D eigenvalue weighted by atomic mass is 19.1. The molecule has 0 radical (unpaired) electrons. The zero-order valence-electron chi connectivity index (χ0n) is 16.8. The molecule has 3 rings (SSSR count). The van der Waals surface area contributed by atoms with Crippen LogP contribution in [0.15, 0.2) is 59.1 Å². The summed E-state index contributed by atoms with van der Waals surface area (Å²) in [6, 6.07) is 16.1. The molecular weight excluding hydrogens is 369 g/mol. The standard InChI is InChI=1S/C23H26FN3O2/c1-3-17(2)27(22(28)14-9-18-7-5-4-6-8-18)16-15-21-25-23(26-29-21)19-10-12-20(24)13-11-19/h4-8,10-13,17H,3,9,14-16H2,1-2H3/t17-/m1/s1. The highest BCUT2D eigenvalue weighted by molar-refractivity contribution is 5.76. The molecule has 3 aromatic rings. The number of hydrogen-bond acceptors (Lipinski definition) is 4. The number of amides is 1. The Bertz CT molecular complexity index is 909. The van der Waals surface area contributed by atoms with E-state index in [-0.39, 0.29) is 17.8 Å². The summed E-state index contributed by atoms with van der Waals surface area (Å²) in [4.78, 5) is 19.1. The highest BCUT2D eigenvalue weighted by Gasteiger charge is 2.20.